The lowest BCUT2D eigenvalue weighted by Gasteiger charge is -2.28. The minimum absolute atomic E-state index is 0.394. The van der Waals surface area contributed by atoms with Gasteiger partial charge in [0.05, 0.1) is 24.1 Å². The van der Waals surface area contributed by atoms with E-state index in [0.717, 1.165) is 50.4 Å². The molecule has 0 unspecified atom stereocenters. The van der Waals surface area contributed by atoms with Gasteiger partial charge in [0.25, 0.3) is 0 Å². The largest absolute Gasteiger partial charge is 0.372 e. The number of aromatic nitrogens is 1. The molecule has 4 nitrogen and oxygen atoms in total. The summed E-state index contributed by atoms with van der Waals surface area (Å²) in [5.41, 5.74) is 2.14. The van der Waals surface area contributed by atoms with Crippen molar-refractivity contribution in [3.8, 4) is 0 Å². The van der Waals surface area contributed by atoms with E-state index in [-0.39, 0.29) is 0 Å². The summed E-state index contributed by atoms with van der Waals surface area (Å²) in [5.74, 6) is 0.668. The Morgan fingerprint density at radius 2 is 2.00 bits per heavy atom. The Hall–Kier alpha value is -0.970. The SMILES string of the molecule is CC(C)CNCc1cccc(COC2CCN(C)CC2)n1. The van der Waals surface area contributed by atoms with Crippen LogP contribution in [-0.4, -0.2) is 42.7 Å². The molecule has 0 amide bonds. The molecule has 0 aliphatic carbocycles. The number of piperidine rings is 1. The molecule has 1 aliphatic heterocycles. The lowest BCUT2D eigenvalue weighted by Crippen LogP contribution is -2.34. The maximum absolute atomic E-state index is 6.01. The monoisotopic (exact) mass is 291 g/mol. The molecule has 0 aromatic carbocycles. The third-order valence-corrected chi connectivity index (χ3v) is 3.86. The van der Waals surface area contributed by atoms with Gasteiger partial charge in [0.15, 0.2) is 0 Å². The van der Waals surface area contributed by atoms with Crippen LogP contribution in [0.4, 0.5) is 0 Å². The van der Waals surface area contributed by atoms with Gasteiger partial charge in [-0.2, -0.15) is 0 Å². The fourth-order valence-corrected chi connectivity index (χ4v) is 2.55. The zero-order valence-electron chi connectivity index (χ0n) is 13.6. The number of nitrogens with zero attached hydrogens (tertiary/aromatic N) is 2. The first-order valence-electron chi connectivity index (χ1n) is 8.09. The summed E-state index contributed by atoms with van der Waals surface area (Å²) in [6, 6.07) is 6.21. The molecule has 118 valence electrons. The molecule has 0 saturated carbocycles. The van der Waals surface area contributed by atoms with Gasteiger partial charge in [0.2, 0.25) is 0 Å². The average Bonchev–Trinajstić information content (AvgIpc) is 2.47. The third-order valence-electron chi connectivity index (χ3n) is 3.86. The molecule has 1 aromatic rings. The Balaban J connectivity index is 1.75. The van der Waals surface area contributed by atoms with Gasteiger partial charge in [0.1, 0.15) is 0 Å². The number of ether oxygens (including phenoxy) is 1. The van der Waals surface area contributed by atoms with Crippen LogP contribution in [0.3, 0.4) is 0 Å². The number of rotatable bonds is 7. The van der Waals surface area contributed by atoms with Crippen molar-refractivity contribution in [2.24, 2.45) is 5.92 Å². The second-order valence-electron chi connectivity index (χ2n) is 6.46. The van der Waals surface area contributed by atoms with Gasteiger partial charge < -0.3 is 15.0 Å². The highest BCUT2D eigenvalue weighted by atomic mass is 16.5. The molecule has 0 atom stereocenters. The Labute approximate surface area is 128 Å². The molecule has 0 radical (unpaired) electrons. The van der Waals surface area contributed by atoms with E-state index < -0.39 is 0 Å². The summed E-state index contributed by atoms with van der Waals surface area (Å²) >= 11 is 0. The van der Waals surface area contributed by atoms with Crippen LogP contribution >= 0.6 is 0 Å². The van der Waals surface area contributed by atoms with Crippen LogP contribution in [0.2, 0.25) is 0 Å². The highest BCUT2D eigenvalue weighted by Crippen LogP contribution is 2.14. The lowest BCUT2D eigenvalue weighted by molar-refractivity contribution is 0.000694. The zero-order valence-corrected chi connectivity index (χ0v) is 13.6. The number of pyridine rings is 1. The van der Waals surface area contributed by atoms with Gasteiger partial charge in [-0.25, -0.2) is 0 Å². The highest BCUT2D eigenvalue weighted by Gasteiger charge is 2.17. The fraction of sp³-hybridized carbons (Fsp3) is 0.706. The first kappa shape index (κ1) is 16.4. The van der Waals surface area contributed by atoms with Crippen LogP contribution in [0.25, 0.3) is 0 Å². The number of hydrogen-bond acceptors (Lipinski definition) is 4. The maximum atomic E-state index is 6.01. The van der Waals surface area contributed by atoms with Gasteiger partial charge in [0, 0.05) is 19.6 Å². The van der Waals surface area contributed by atoms with Gasteiger partial charge in [-0.15, -0.1) is 0 Å². The molecule has 4 heteroatoms. The predicted octanol–water partition coefficient (Wildman–Crippen LogP) is 2.44. The minimum atomic E-state index is 0.394. The molecule has 0 bridgehead atoms. The van der Waals surface area contributed by atoms with E-state index in [4.69, 9.17) is 4.74 Å². The van der Waals surface area contributed by atoms with E-state index in [9.17, 15) is 0 Å². The summed E-state index contributed by atoms with van der Waals surface area (Å²) in [6.45, 7) is 9.19. The van der Waals surface area contributed by atoms with Crippen LogP contribution < -0.4 is 5.32 Å². The van der Waals surface area contributed by atoms with Crippen molar-refractivity contribution in [3.05, 3.63) is 29.6 Å². The van der Waals surface area contributed by atoms with Crippen LogP contribution in [0.1, 0.15) is 38.1 Å². The van der Waals surface area contributed by atoms with E-state index in [1.54, 1.807) is 0 Å². The van der Waals surface area contributed by atoms with Crippen molar-refractivity contribution in [2.75, 3.05) is 26.7 Å². The Morgan fingerprint density at radius 1 is 1.29 bits per heavy atom. The first-order chi connectivity index (χ1) is 10.1. The summed E-state index contributed by atoms with van der Waals surface area (Å²) in [6.07, 6.45) is 2.66. The normalized spacial score (nSPS) is 17.5. The number of hydrogen-bond donors (Lipinski definition) is 1. The van der Waals surface area contributed by atoms with Crippen LogP contribution in [0.15, 0.2) is 18.2 Å². The molecule has 1 saturated heterocycles. The summed E-state index contributed by atoms with van der Waals surface area (Å²) in [4.78, 5) is 7.03. The van der Waals surface area contributed by atoms with Crippen LogP contribution in [0.5, 0.6) is 0 Å². The van der Waals surface area contributed by atoms with Crippen LogP contribution in [-0.2, 0) is 17.9 Å². The summed E-state index contributed by atoms with van der Waals surface area (Å²) in [5, 5.41) is 3.43. The standard InChI is InChI=1S/C17H29N3O/c1-14(2)11-18-12-15-5-4-6-16(19-15)13-21-17-7-9-20(3)10-8-17/h4-6,14,17-18H,7-13H2,1-3H3. The maximum Gasteiger partial charge on any atom is 0.0891 e. The van der Waals surface area contributed by atoms with Crippen molar-refractivity contribution in [3.63, 3.8) is 0 Å². The van der Waals surface area contributed by atoms with E-state index in [1.807, 2.05) is 0 Å². The van der Waals surface area contributed by atoms with Crippen molar-refractivity contribution in [1.29, 1.82) is 0 Å². The van der Waals surface area contributed by atoms with Gasteiger partial charge in [-0.05, 0) is 44.5 Å². The van der Waals surface area contributed by atoms with Crippen molar-refractivity contribution >= 4 is 0 Å². The fourth-order valence-electron chi connectivity index (χ4n) is 2.55. The topological polar surface area (TPSA) is 37.4 Å². The quantitative estimate of drug-likeness (QED) is 0.837. The molecule has 1 aromatic heterocycles. The third kappa shape index (κ3) is 6.12. The number of nitrogens with one attached hydrogen (secondary N) is 1. The van der Waals surface area contributed by atoms with Gasteiger partial charge >= 0.3 is 0 Å². The molecule has 1 aliphatic rings. The van der Waals surface area contributed by atoms with E-state index in [2.05, 4.69) is 54.3 Å². The highest BCUT2D eigenvalue weighted by molar-refractivity contribution is 5.10. The molecule has 21 heavy (non-hydrogen) atoms. The lowest BCUT2D eigenvalue weighted by atomic mass is 10.1. The predicted molar refractivity (Wildman–Crippen MR) is 86.1 cm³/mol. The van der Waals surface area contributed by atoms with Crippen molar-refractivity contribution < 1.29 is 4.74 Å². The van der Waals surface area contributed by atoms with Gasteiger partial charge in [-0.1, -0.05) is 19.9 Å². The minimum Gasteiger partial charge on any atom is -0.372 e. The van der Waals surface area contributed by atoms with E-state index in [1.165, 1.54) is 0 Å². The van der Waals surface area contributed by atoms with Gasteiger partial charge in [-0.3, -0.25) is 4.98 Å². The molecule has 2 heterocycles. The second kappa shape index (κ2) is 8.47. The Morgan fingerprint density at radius 3 is 2.71 bits per heavy atom. The molecule has 1 N–H and O–H groups in total. The first-order valence-corrected chi connectivity index (χ1v) is 8.09. The molecular weight excluding hydrogens is 262 g/mol. The average molecular weight is 291 g/mol. The smallest absolute Gasteiger partial charge is 0.0891 e. The second-order valence-corrected chi connectivity index (χ2v) is 6.46. The molecule has 1 fully saturated rings. The van der Waals surface area contributed by atoms with Crippen LogP contribution in [0, 0.1) is 5.92 Å². The van der Waals surface area contributed by atoms with Crippen molar-refractivity contribution in [1.82, 2.24) is 15.2 Å². The summed E-state index contributed by atoms with van der Waals surface area (Å²) in [7, 11) is 2.17. The zero-order chi connectivity index (χ0) is 15.1. The van der Waals surface area contributed by atoms with E-state index >= 15 is 0 Å². The summed E-state index contributed by atoms with van der Waals surface area (Å²) < 4.78 is 6.01. The van der Waals surface area contributed by atoms with E-state index in [0.29, 0.717) is 18.6 Å². The van der Waals surface area contributed by atoms with Crippen molar-refractivity contribution in [2.45, 2.75) is 45.9 Å². The Kier molecular flexibility index (Phi) is 6.61. The number of likely N-dealkylation sites (tertiary alicyclic amines) is 1. The molecule has 2 rings (SSSR count). The molecular formula is C17H29N3O. The Bertz CT molecular complexity index is 414. The molecule has 0 spiro atoms.